The Bertz CT molecular complexity index is 969. The van der Waals surface area contributed by atoms with E-state index >= 15 is 0 Å². The van der Waals surface area contributed by atoms with E-state index in [1.807, 2.05) is 18.7 Å². The number of anilines is 1. The number of carbonyl (C=O) groups excluding carboxylic acids is 3. The van der Waals surface area contributed by atoms with Crippen LogP contribution in [0.2, 0.25) is 5.02 Å². The van der Waals surface area contributed by atoms with Gasteiger partial charge in [0.1, 0.15) is 11.8 Å². The molecule has 3 rings (SSSR count). The lowest BCUT2D eigenvalue weighted by Gasteiger charge is -2.37. The molecule has 172 valence electrons. The first kappa shape index (κ1) is 23.7. The molecule has 0 bridgehead atoms. The van der Waals surface area contributed by atoms with Crippen LogP contribution in [0.3, 0.4) is 0 Å². The highest BCUT2D eigenvalue weighted by Crippen LogP contribution is 2.17. The van der Waals surface area contributed by atoms with Gasteiger partial charge in [-0.05, 0) is 25.0 Å². The van der Waals surface area contributed by atoms with Crippen molar-refractivity contribution in [3.63, 3.8) is 0 Å². The van der Waals surface area contributed by atoms with Crippen LogP contribution in [-0.2, 0) is 9.59 Å². The van der Waals surface area contributed by atoms with Crippen LogP contribution < -0.4 is 10.6 Å². The predicted molar refractivity (Wildman–Crippen MR) is 120 cm³/mol. The van der Waals surface area contributed by atoms with Crippen LogP contribution in [0.1, 0.15) is 30.0 Å². The number of halogens is 1. The van der Waals surface area contributed by atoms with E-state index in [0.717, 1.165) is 0 Å². The van der Waals surface area contributed by atoms with E-state index in [2.05, 4.69) is 15.8 Å². The Morgan fingerprint density at radius 3 is 2.44 bits per heavy atom. The van der Waals surface area contributed by atoms with Crippen molar-refractivity contribution in [2.75, 3.05) is 38.0 Å². The van der Waals surface area contributed by atoms with E-state index in [9.17, 15) is 14.4 Å². The zero-order chi connectivity index (χ0) is 23.3. The lowest BCUT2D eigenvalue weighted by Crippen LogP contribution is -2.57. The summed E-state index contributed by atoms with van der Waals surface area (Å²) in [6, 6.07) is 7.73. The minimum atomic E-state index is -0.663. The number of rotatable bonds is 7. The summed E-state index contributed by atoms with van der Waals surface area (Å²) >= 11 is 6.12. The van der Waals surface area contributed by atoms with E-state index < -0.39 is 6.04 Å². The summed E-state index contributed by atoms with van der Waals surface area (Å²) in [6.45, 7) is 7.79. The molecule has 1 atom stereocenters. The van der Waals surface area contributed by atoms with Gasteiger partial charge in [0.25, 0.3) is 5.91 Å². The average molecular weight is 462 g/mol. The van der Waals surface area contributed by atoms with Gasteiger partial charge in [-0.3, -0.25) is 19.3 Å². The Kier molecular flexibility index (Phi) is 7.87. The molecule has 1 aromatic carbocycles. The zero-order valence-corrected chi connectivity index (χ0v) is 19.2. The number of piperazine rings is 1. The molecule has 1 aliphatic heterocycles. The number of nitrogens with zero attached hydrogens (tertiary/aromatic N) is 3. The van der Waals surface area contributed by atoms with Crippen LogP contribution >= 0.6 is 11.6 Å². The van der Waals surface area contributed by atoms with E-state index in [1.165, 1.54) is 0 Å². The van der Waals surface area contributed by atoms with Gasteiger partial charge in [0.15, 0.2) is 5.82 Å². The van der Waals surface area contributed by atoms with Gasteiger partial charge < -0.3 is 20.1 Å². The van der Waals surface area contributed by atoms with Gasteiger partial charge in [0, 0.05) is 32.2 Å². The Labute approximate surface area is 192 Å². The molecule has 10 heteroatoms. The highest BCUT2D eigenvalue weighted by Gasteiger charge is 2.31. The van der Waals surface area contributed by atoms with E-state index in [0.29, 0.717) is 48.3 Å². The van der Waals surface area contributed by atoms with E-state index in [4.69, 9.17) is 16.1 Å². The molecule has 1 aliphatic rings. The molecule has 0 unspecified atom stereocenters. The van der Waals surface area contributed by atoms with Gasteiger partial charge in [-0.25, -0.2) is 0 Å². The van der Waals surface area contributed by atoms with Crippen LogP contribution in [0.4, 0.5) is 5.82 Å². The zero-order valence-electron chi connectivity index (χ0n) is 18.4. The van der Waals surface area contributed by atoms with Gasteiger partial charge in [-0.15, -0.1) is 0 Å². The maximum absolute atomic E-state index is 13.1. The summed E-state index contributed by atoms with van der Waals surface area (Å²) in [6.07, 6.45) is 0. The predicted octanol–water partition coefficient (Wildman–Crippen LogP) is 2.17. The van der Waals surface area contributed by atoms with Crippen molar-refractivity contribution in [2.45, 2.75) is 26.8 Å². The molecule has 32 heavy (non-hydrogen) atoms. The summed E-state index contributed by atoms with van der Waals surface area (Å²) in [5, 5.41) is 9.62. The number of hydrogen-bond acceptors (Lipinski definition) is 6. The minimum Gasteiger partial charge on any atom is -0.360 e. The SMILES string of the molecule is Cc1cc(NC(=O)CN2CCN(C(=O)[C@@H](NC(=O)c3ccccc3Cl)C(C)C)CC2)no1. The first-order valence-corrected chi connectivity index (χ1v) is 10.9. The number of nitrogens with one attached hydrogen (secondary N) is 2. The van der Waals surface area contributed by atoms with Crippen molar-refractivity contribution < 1.29 is 18.9 Å². The molecule has 0 spiro atoms. The number of hydrogen-bond donors (Lipinski definition) is 2. The van der Waals surface area contributed by atoms with Gasteiger partial charge >= 0.3 is 0 Å². The third-order valence-corrected chi connectivity index (χ3v) is 5.61. The first-order valence-electron chi connectivity index (χ1n) is 10.5. The summed E-state index contributed by atoms with van der Waals surface area (Å²) in [5.41, 5.74) is 0.339. The third-order valence-electron chi connectivity index (χ3n) is 5.28. The van der Waals surface area contributed by atoms with Crippen LogP contribution in [-0.4, -0.2) is 71.4 Å². The van der Waals surface area contributed by atoms with Gasteiger partial charge in [-0.2, -0.15) is 0 Å². The second-order valence-corrected chi connectivity index (χ2v) is 8.55. The molecule has 0 radical (unpaired) electrons. The molecule has 2 N–H and O–H groups in total. The number of amides is 3. The Balaban J connectivity index is 1.52. The highest BCUT2D eigenvalue weighted by molar-refractivity contribution is 6.33. The van der Waals surface area contributed by atoms with Gasteiger partial charge in [0.05, 0.1) is 17.1 Å². The Hall–Kier alpha value is -2.91. The fourth-order valence-electron chi connectivity index (χ4n) is 3.51. The quantitative estimate of drug-likeness (QED) is 0.654. The molecular weight excluding hydrogens is 434 g/mol. The van der Waals surface area contributed by atoms with E-state index in [-0.39, 0.29) is 30.2 Å². The van der Waals surface area contributed by atoms with Crippen molar-refractivity contribution in [1.29, 1.82) is 0 Å². The topological polar surface area (TPSA) is 108 Å². The second kappa shape index (κ2) is 10.6. The van der Waals surface area contributed by atoms with Crippen molar-refractivity contribution in [1.82, 2.24) is 20.3 Å². The maximum Gasteiger partial charge on any atom is 0.253 e. The second-order valence-electron chi connectivity index (χ2n) is 8.15. The number of benzene rings is 1. The fourth-order valence-corrected chi connectivity index (χ4v) is 3.73. The van der Waals surface area contributed by atoms with Crippen LogP contribution in [0.15, 0.2) is 34.9 Å². The summed E-state index contributed by atoms with van der Waals surface area (Å²) in [5.74, 6) is 0.210. The molecular formula is C22H28ClN5O4. The monoisotopic (exact) mass is 461 g/mol. The molecule has 1 aromatic heterocycles. The van der Waals surface area contributed by atoms with Crippen LogP contribution in [0.25, 0.3) is 0 Å². The first-order chi connectivity index (χ1) is 15.2. The minimum absolute atomic E-state index is 0.0938. The summed E-state index contributed by atoms with van der Waals surface area (Å²) in [4.78, 5) is 41.7. The Morgan fingerprint density at radius 1 is 1.16 bits per heavy atom. The molecule has 2 aromatic rings. The largest absolute Gasteiger partial charge is 0.360 e. The number of carbonyl (C=O) groups is 3. The molecule has 3 amide bonds. The van der Waals surface area contributed by atoms with Crippen molar-refractivity contribution in [3.8, 4) is 0 Å². The summed E-state index contributed by atoms with van der Waals surface area (Å²) < 4.78 is 4.94. The molecule has 1 fully saturated rings. The molecule has 9 nitrogen and oxygen atoms in total. The van der Waals surface area contributed by atoms with Crippen molar-refractivity contribution in [2.24, 2.45) is 5.92 Å². The maximum atomic E-state index is 13.1. The van der Waals surface area contributed by atoms with E-state index in [1.54, 1.807) is 42.2 Å². The normalized spacial score (nSPS) is 15.5. The van der Waals surface area contributed by atoms with Gasteiger partial charge in [0.2, 0.25) is 11.8 Å². The molecule has 1 saturated heterocycles. The number of aromatic nitrogens is 1. The lowest BCUT2D eigenvalue weighted by molar-refractivity contribution is -0.136. The van der Waals surface area contributed by atoms with Crippen molar-refractivity contribution in [3.05, 3.63) is 46.7 Å². The standard InChI is InChI=1S/C22H28ClN5O4/c1-14(2)20(25-21(30)16-6-4-5-7-17(16)23)22(31)28-10-8-27(9-11-28)13-19(29)24-18-12-15(3)32-26-18/h4-7,12,14,20H,8-11,13H2,1-3H3,(H,25,30)(H,24,26,29)/t20-/m0/s1. The lowest BCUT2D eigenvalue weighted by atomic mass is 10.0. The molecule has 2 heterocycles. The third kappa shape index (κ3) is 6.08. The smallest absolute Gasteiger partial charge is 0.253 e. The molecule has 0 saturated carbocycles. The average Bonchev–Trinajstić information content (AvgIpc) is 3.16. The molecule has 0 aliphatic carbocycles. The fraction of sp³-hybridized carbons (Fsp3) is 0.455. The number of aryl methyl sites for hydroxylation is 1. The van der Waals surface area contributed by atoms with Crippen LogP contribution in [0.5, 0.6) is 0 Å². The van der Waals surface area contributed by atoms with Crippen LogP contribution in [0, 0.1) is 12.8 Å². The van der Waals surface area contributed by atoms with Crippen molar-refractivity contribution >= 4 is 35.1 Å². The highest BCUT2D eigenvalue weighted by atomic mass is 35.5. The Morgan fingerprint density at radius 2 is 1.84 bits per heavy atom. The summed E-state index contributed by atoms with van der Waals surface area (Å²) in [7, 11) is 0. The van der Waals surface area contributed by atoms with Gasteiger partial charge in [-0.1, -0.05) is 42.7 Å².